The van der Waals surface area contributed by atoms with E-state index in [1.54, 1.807) is 6.08 Å². The standard InChI is InChI=1S/C4H3Cl3N2/c5-2-1-3(6)9-4(7)8-2/h1-2H,(H,8,9). The zero-order chi connectivity index (χ0) is 6.85. The first kappa shape index (κ1) is 7.19. The quantitative estimate of drug-likeness (QED) is 0.452. The Labute approximate surface area is 67.5 Å². The summed E-state index contributed by atoms with van der Waals surface area (Å²) in [4.78, 5) is 3.71. The molecule has 0 saturated heterocycles. The van der Waals surface area contributed by atoms with Gasteiger partial charge in [-0.3, -0.25) is 0 Å². The van der Waals surface area contributed by atoms with Crippen molar-refractivity contribution in [2.45, 2.75) is 5.50 Å². The molecule has 5 heteroatoms. The van der Waals surface area contributed by atoms with E-state index in [4.69, 9.17) is 34.8 Å². The van der Waals surface area contributed by atoms with Gasteiger partial charge in [-0.2, -0.15) is 0 Å². The van der Waals surface area contributed by atoms with Crippen molar-refractivity contribution in [2.75, 3.05) is 0 Å². The maximum absolute atomic E-state index is 5.53. The molecule has 0 aromatic carbocycles. The molecule has 0 fully saturated rings. The molecule has 1 aliphatic rings. The van der Waals surface area contributed by atoms with Gasteiger partial charge < -0.3 is 5.32 Å². The SMILES string of the molecule is ClC1=CC(Cl)N=C(Cl)N1. The summed E-state index contributed by atoms with van der Waals surface area (Å²) >= 11 is 16.5. The van der Waals surface area contributed by atoms with Crippen LogP contribution in [-0.2, 0) is 0 Å². The van der Waals surface area contributed by atoms with Gasteiger partial charge in [0.05, 0.1) is 0 Å². The van der Waals surface area contributed by atoms with E-state index in [2.05, 4.69) is 10.3 Å². The van der Waals surface area contributed by atoms with Crippen molar-refractivity contribution in [3.05, 3.63) is 11.2 Å². The molecule has 0 radical (unpaired) electrons. The third-order valence-electron chi connectivity index (χ3n) is 0.743. The summed E-state index contributed by atoms with van der Waals surface area (Å²) in [5.74, 6) is 0. The smallest absolute Gasteiger partial charge is 0.198 e. The molecule has 0 aromatic heterocycles. The van der Waals surface area contributed by atoms with Crippen molar-refractivity contribution in [3.8, 4) is 0 Å². The Bertz CT molecular complexity index is 157. The number of aliphatic imine (C=N–C) groups is 1. The monoisotopic (exact) mass is 184 g/mol. The molecule has 2 nitrogen and oxygen atoms in total. The number of rotatable bonds is 0. The third kappa shape index (κ3) is 2.05. The molecule has 0 spiro atoms. The highest BCUT2D eigenvalue weighted by Gasteiger charge is 2.08. The molecule has 0 aliphatic carbocycles. The Hall–Kier alpha value is 0.0800. The fraction of sp³-hybridized carbons (Fsp3) is 0.250. The van der Waals surface area contributed by atoms with Crippen LogP contribution in [0.15, 0.2) is 16.2 Å². The molecule has 1 heterocycles. The molecule has 9 heavy (non-hydrogen) atoms. The number of nitrogens with one attached hydrogen (secondary N) is 1. The zero-order valence-electron chi connectivity index (χ0n) is 4.24. The predicted molar refractivity (Wildman–Crippen MR) is 40.0 cm³/mol. The van der Waals surface area contributed by atoms with Crippen molar-refractivity contribution in [2.24, 2.45) is 4.99 Å². The summed E-state index contributed by atoms with van der Waals surface area (Å²) in [6, 6.07) is 0. The summed E-state index contributed by atoms with van der Waals surface area (Å²) < 4.78 is 0. The van der Waals surface area contributed by atoms with Crippen LogP contribution in [0, 0.1) is 0 Å². The summed E-state index contributed by atoms with van der Waals surface area (Å²) in [7, 11) is 0. The van der Waals surface area contributed by atoms with Gasteiger partial charge in [-0.15, -0.1) is 0 Å². The molecule has 1 N–H and O–H groups in total. The van der Waals surface area contributed by atoms with Gasteiger partial charge in [0.15, 0.2) is 5.29 Å². The zero-order valence-corrected chi connectivity index (χ0v) is 6.50. The second kappa shape index (κ2) is 2.78. The van der Waals surface area contributed by atoms with Gasteiger partial charge in [-0.05, 0) is 17.7 Å². The molecule has 1 atom stereocenters. The van der Waals surface area contributed by atoms with E-state index < -0.39 is 5.50 Å². The molecule has 0 bridgehead atoms. The van der Waals surface area contributed by atoms with Crippen LogP contribution >= 0.6 is 34.8 Å². The molecular formula is C4H3Cl3N2. The van der Waals surface area contributed by atoms with Gasteiger partial charge in [-0.1, -0.05) is 23.2 Å². The lowest BCUT2D eigenvalue weighted by Gasteiger charge is -2.09. The van der Waals surface area contributed by atoms with E-state index in [1.165, 1.54) is 0 Å². The minimum atomic E-state index is -0.439. The van der Waals surface area contributed by atoms with E-state index in [0.717, 1.165) is 0 Å². The number of nitrogens with zero attached hydrogens (tertiary/aromatic N) is 1. The number of alkyl halides is 1. The largest absolute Gasteiger partial charge is 0.321 e. The van der Waals surface area contributed by atoms with Gasteiger partial charge in [0.2, 0.25) is 0 Å². The first-order valence-corrected chi connectivity index (χ1v) is 3.39. The molecule has 1 rings (SSSR count). The number of hydrogen-bond acceptors (Lipinski definition) is 2. The van der Waals surface area contributed by atoms with E-state index >= 15 is 0 Å². The average molecular weight is 185 g/mol. The van der Waals surface area contributed by atoms with Crippen molar-refractivity contribution < 1.29 is 0 Å². The van der Waals surface area contributed by atoms with Crippen LogP contribution < -0.4 is 5.32 Å². The van der Waals surface area contributed by atoms with Gasteiger partial charge in [0.25, 0.3) is 0 Å². The Balaban J connectivity index is 2.69. The van der Waals surface area contributed by atoms with Crippen molar-refractivity contribution in [3.63, 3.8) is 0 Å². The lowest BCUT2D eigenvalue weighted by molar-refractivity contribution is 1.04. The van der Waals surface area contributed by atoms with Crippen molar-refractivity contribution in [1.29, 1.82) is 0 Å². The fourth-order valence-corrected chi connectivity index (χ4v) is 1.24. The van der Waals surface area contributed by atoms with Crippen LogP contribution in [0.25, 0.3) is 0 Å². The summed E-state index contributed by atoms with van der Waals surface area (Å²) in [6.45, 7) is 0. The summed E-state index contributed by atoms with van der Waals surface area (Å²) in [5, 5.41) is 3.20. The molecule has 1 unspecified atom stereocenters. The third-order valence-corrected chi connectivity index (χ3v) is 1.38. The Morgan fingerprint density at radius 2 is 2.22 bits per heavy atom. The van der Waals surface area contributed by atoms with Gasteiger partial charge in [-0.25, -0.2) is 4.99 Å². The van der Waals surface area contributed by atoms with Crippen LogP contribution in [-0.4, -0.2) is 10.8 Å². The Morgan fingerprint density at radius 3 is 2.67 bits per heavy atom. The van der Waals surface area contributed by atoms with Crippen LogP contribution in [0.3, 0.4) is 0 Å². The predicted octanol–water partition coefficient (Wildman–Crippen LogP) is 1.83. The van der Waals surface area contributed by atoms with Gasteiger partial charge in [0.1, 0.15) is 10.7 Å². The highest BCUT2D eigenvalue weighted by atomic mass is 35.5. The minimum absolute atomic E-state index is 0.225. The second-order valence-corrected chi connectivity index (χ2v) is 2.64. The summed E-state index contributed by atoms with van der Waals surface area (Å²) in [5.41, 5.74) is -0.439. The van der Waals surface area contributed by atoms with Crippen LogP contribution in [0.5, 0.6) is 0 Å². The van der Waals surface area contributed by atoms with Crippen LogP contribution in [0.4, 0.5) is 0 Å². The highest BCUT2D eigenvalue weighted by Crippen LogP contribution is 2.11. The number of amidine groups is 1. The molecule has 0 amide bonds. The molecule has 0 aromatic rings. The fourth-order valence-electron chi connectivity index (χ4n) is 0.439. The summed E-state index contributed by atoms with van der Waals surface area (Å²) in [6.07, 6.45) is 1.55. The van der Waals surface area contributed by atoms with Crippen molar-refractivity contribution >= 4 is 40.1 Å². The highest BCUT2D eigenvalue weighted by molar-refractivity contribution is 6.65. The molecular weight excluding hydrogens is 182 g/mol. The topological polar surface area (TPSA) is 24.4 Å². The van der Waals surface area contributed by atoms with Crippen LogP contribution in [0.1, 0.15) is 0 Å². The van der Waals surface area contributed by atoms with E-state index in [0.29, 0.717) is 5.16 Å². The maximum atomic E-state index is 5.53. The van der Waals surface area contributed by atoms with Gasteiger partial charge >= 0.3 is 0 Å². The molecule has 0 saturated carbocycles. The normalized spacial score (nSPS) is 26.3. The number of hydrogen-bond donors (Lipinski definition) is 1. The van der Waals surface area contributed by atoms with E-state index in [1.807, 2.05) is 0 Å². The lowest BCUT2D eigenvalue weighted by Crippen LogP contribution is -2.20. The second-order valence-electron chi connectivity index (χ2n) is 1.43. The first-order chi connectivity index (χ1) is 4.18. The van der Waals surface area contributed by atoms with E-state index in [-0.39, 0.29) is 5.29 Å². The first-order valence-electron chi connectivity index (χ1n) is 2.20. The van der Waals surface area contributed by atoms with Gasteiger partial charge in [0, 0.05) is 0 Å². The van der Waals surface area contributed by atoms with Crippen LogP contribution in [0.2, 0.25) is 0 Å². The maximum Gasteiger partial charge on any atom is 0.198 e. The Morgan fingerprint density at radius 1 is 1.56 bits per heavy atom. The minimum Gasteiger partial charge on any atom is -0.321 e. The lowest BCUT2D eigenvalue weighted by atomic mass is 10.5. The van der Waals surface area contributed by atoms with E-state index in [9.17, 15) is 0 Å². The molecule has 50 valence electrons. The Kier molecular flexibility index (Phi) is 2.22. The molecule has 1 aliphatic heterocycles. The average Bonchev–Trinajstić information content (AvgIpc) is 1.59. The van der Waals surface area contributed by atoms with Crippen molar-refractivity contribution in [1.82, 2.24) is 5.32 Å². The number of halogens is 3.